The Hall–Kier alpha value is -3.02. The number of nitrogens with two attached hydrogens (primary N) is 1. The molecule has 0 atom stereocenters. The van der Waals surface area contributed by atoms with Crippen molar-refractivity contribution in [1.29, 1.82) is 0 Å². The molecule has 0 fully saturated rings. The molecule has 0 aliphatic heterocycles. The third-order valence-corrected chi connectivity index (χ3v) is 3.01. The third-order valence-electron chi connectivity index (χ3n) is 3.01. The Labute approximate surface area is 121 Å². The van der Waals surface area contributed by atoms with Gasteiger partial charge in [-0.1, -0.05) is 18.2 Å². The molecule has 2 aromatic heterocycles. The highest BCUT2D eigenvalue weighted by Crippen LogP contribution is 2.24. The zero-order chi connectivity index (χ0) is 14.7. The molecular weight excluding hydrogens is 266 g/mol. The Kier molecular flexibility index (Phi) is 3.42. The lowest BCUT2D eigenvalue weighted by molar-refractivity contribution is -0.118. The molecule has 0 radical (unpaired) electrons. The largest absolute Gasteiger partial charge is 0.368 e. The lowest BCUT2D eigenvalue weighted by Gasteiger charge is -2.03. The molecule has 1 amide bonds. The third kappa shape index (κ3) is 2.94. The van der Waals surface area contributed by atoms with Crippen molar-refractivity contribution in [2.75, 3.05) is 0 Å². The first-order valence-corrected chi connectivity index (χ1v) is 6.40. The van der Waals surface area contributed by atoms with Gasteiger partial charge in [0.1, 0.15) is 12.9 Å². The smallest absolute Gasteiger partial charge is 0.239 e. The summed E-state index contributed by atoms with van der Waals surface area (Å²) in [5, 5.41) is 4.34. The van der Waals surface area contributed by atoms with E-state index >= 15 is 0 Å². The van der Waals surface area contributed by atoms with Gasteiger partial charge in [0.2, 0.25) is 5.91 Å². The van der Waals surface area contributed by atoms with Crippen LogP contribution in [0.1, 0.15) is 0 Å². The van der Waals surface area contributed by atoms with E-state index in [1.807, 2.05) is 30.3 Å². The van der Waals surface area contributed by atoms with Gasteiger partial charge in [-0.15, -0.1) is 0 Å². The van der Waals surface area contributed by atoms with E-state index in [-0.39, 0.29) is 6.54 Å². The monoisotopic (exact) mass is 279 g/mol. The molecule has 0 unspecified atom stereocenters. The van der Waals surface area contributed by atoms with Crippen LogP contribution in [0.3, 0.4) is 0 Å². The number of hydrogen-bond acceptors (Lipinski definition) is 4. The number of carbonyl (C=O) groups excluding carboxylic acids is 1. The number of rotatable bonds is 4. The fraction of sp³-hybridized carbons (Fsp3) is 0.0667. The number of carbonyl (C=O) groups is 1. The number of benzene rings is 1. The van der Waals surface area contributed by atoms with Crippen molar-refractivity contribution in [2.45, 2.75) is 6.54 Å². The molecule has 0 saturated carbocycles. The Morgan fingerprint density at radius 2 is 1.86 bits per heavy atom. The molecule has 1 aromatic carbocycles. The van der Waals surface area contributed by atoms with Crippen LogP contribution < -0.4 is 5.73 Å². The minimum absolute atomic E-state index is 0.0756. The highest BCUT2D eigenvalue weighted by atomic mass is 16.1. The van der Waals surface area contributed by atoms with Gasteiger partial charge in [0.15, 0.2) is 0 Å². The van der Waals surface area contributed by atoms with Gasteiger partial charge in [-0.05, 0) is 17.7 Å². The molecule has 2 heterocycles. The lowest BCUT2D eigenvalue weighted by Crippen LogP contribution is -2.18. The maximum Gasteiger partial charge on any atom is 0.239 e. The number of hydrogen-bond donors (Lipinski definition) is 1. The van der Waals surface area contributed by atoms with Crippen molar-refractivity contribution in [2.24, 2.45) is 5.73 Å². The standard InChI is InChI=1S/C15H13N5O/c16-15(21)9-20-5-4-14(19-20)12-3-1-2-11(6-12)13-7-17-10-18-8-13/h1-8,10H,9H2,(H2,16,21). The number of primary amides is 1. The average Bonchev–Trinajstić information content (AvgIpc) is 2.96. The predicted octanol–water partition coefficient (Wildman–Crippen LogP) is 1.49. The first-order valence-electron chi connectivity index (χ1n) is 6.40. The van der Waals surface area contributed by atoms with Crippen LogP contribution in [0.5, 0.6) is 0 Å². The Morgan fingerprint density at radius 1 is 1.10 bits per heavy atom. The van der Waals surface area contributed by atoms with Gasteiger partial charge < -0.3 is 5.73 Å². The summed E-state index contributed by atoms with van der Waals surface area (Å²) in [6, 6.07) is 9.76. The van der Waals surface area contributed by atoms with E-state index in [2.05, 4.69) is 15.1 Å². The number of aromatic nitrogens is 4. The maximum atomic E-state index is 10.9. The van der Waals surface area contributed by atoms with Crippen molar-refractivity contribution in [3.63, 3.8) is 0 Å². The van der Waals surface area contributed by atoms with E-state index in [4.69, 9.17) is 5.73 Å². The molecule has 6 nitrogen and oxygen atoms in total. The van der Waals surface area contributed by atoms with Crippen molar-refractivity contribution >= 4 is 5.91 Å². The summed E-state index contributed by atoms with van der Waals surface area (Å²) in [6.45, 7) is 0.0756. The topological polar surface area (TPSA) is 86.7 Å². The molecule has 0 bridgehead atoms. The van der Waals surface area contributed by atoms with Gasteiger partial charge in [0.25, 0.3) is 0 Å². The fourth-order valence-electron chi connectivity index (χ4n) is 2.07. The summed E-state index contributed by atoms with van der Waals surface area (Å²) >= 11 is 0. The van der Waals surface area contributed by atoms with Crippen LogP contribution in [0.15, 0.2) is 55.2 Å². The summed E-state index contributed by atoms with van der Waals surface area (Å²) in [4.78, 5) is 18.9. The number of nitrogens with zero attached hydrogens (tertiary/aromatic N) is 4. The van der Waals surface area contributed by atoms with E-state index in [1.165, 1.54) is 11.0 Å². The van der Waals surface area contributed by atoms with Gasteiger partial charge in [0, 0.05) is 29.7 Å². The van der Waals surface area contributed by atoms with Crippen LogP contribution in [0, 0.1) is 0 Å². The first kappa shape index (κ1) is 13.0. The van der Waals surface area contributed by atoms with Gasteiger partial charge in [0.05, 0.1) is 5.69 Å². The second-order valence-corrected chi connectivity index (χ2v) is 4.57. The highest BCUT2D eigenvalue weighted by Gasteiger charge is 2.06. The van der Waals surface area contributed by atoms with Gasteiger partial charge in [-0.2, -0.15) is 5.10 Å². The second kappa shape index (κ2) is 5.54. The summed E-state index contributed by atoms with van der Waals surface area (Å²) < 4.78 is 1.52. The van der Waals surface area contributed by atoms with Crippen molar-refractivity contribution in [3.05, 3.63) is 55.2 Å². The van der Waals surface area contributed by atoms with E-state index in [0.29, 0.717) is 0 Å². The molecule has 0 aliphatic rings. The maximum absolute atomic E-state index is 10.9. The molecule has 3 aromatic rings. The van der Waals surface area contributed by atoms with Crippen LogP contribution >= 0.6 is 0 Å². The van der Waals surface area contributed by atoms with Gasteiger partial charge in [-0.3, -0.25) is 9.48 Å². The van der Waals surface area contributed by atoms with E-state index < -0.39 is 5.91 Å². The molecule has 21 heavy (non-hydrogen) atoms. The minimum Gasteiger partial charge on any atom is -0.368 e. The molecule has 6 heteroatoms. The summed E-state index contributed by atoms with van der Waals surface area (Å²) in [5.41, 5.74) is 8.86. The van der Waals surface area contributed by atoms with Crippen LogP contribution in [0.4, 0.5) is 0 Å². The van der Waals surface area contributed by atoms with Gasteiger partial charge >= 0.3 is 0 Å². The van der Waals surface area contributed by atoms with E-state index in [1.54, 1.807) is 18.6 Å². The molecular formula is C15H13N5O. The number of amides is 1. The normalized spacial score (nSPS) is 10.5. The van der Waals surface area contributed by atoms with Crippen molar-refractivity contribution in [1.82, 2.24) is 19.7 Å². The van der Waals surface area contributed by atoms with Gasteiger partial charge in [-0.25, -0.2) is 9.97 Å². The highest BCUT2D eigenvalue weighted by molar-refractivity contribution is 5.74. The molecule has 0 spiro atoms. The van der Waals surface area contributed by atoms with Crippen molar-refractivity contribution < 1.29 is 4.79 Å². The summed E-state index contributed by atoms with van der Waals surface area (Å²) in [5.74, 6) is -0.417. The Morgan fingerprint density at radius 3 is 2.62 bits per heavy atom. The van der Waals surface area contributed by atoms with Crippen LogP contribution in [-0.4, -0.2) is 25.7 Å². The molecule has 2 N–H and O–H groups in total. The minimum atomic E-state index is -0.417. The van der Waals surface area contributed by atoms with Crippen LogP contribution in [0.2, 0.25) is 0 Å². The zero-order valence-corrected chi connectivity index (χ0v) is 11.2. The Bertz CT molecular complexity index is 766. The quantitative estimate of drug-likeness (QED) is 0.784. The average molecular weight is 279 g/mol. The first-order chi connectivity index (χ1) is 10.2. The predicted molar refractivity (Wildman–Crippen MR) is 77.9 cm³/mol. The molecule has 0 aliphatic carbocycles. The SMILES string of the molecule is NC(=O)Cn1ccc(-c2cccc(-c3cncnc3)c2)n1. The van der Waals surface area contributed by atoms with Crippen molar-refractivity contribution in [3.8, 4) is 22.4 Å². The molecule has 3 rings (SSSR count). The van der Waals surface area contributed by atoms with E-state index in [0.717, 1.165) is 22.4 Å². The zero-order valence-electron chi connectivity index (χ0n) is 11.2. The summed E-state index contributed by atoms with van der Waals surface area (Å²) in [7, 11) is 0. The lowest BCUT2D eigenvalue weighted by atomic mass is 10.0. The fourth-order valence-corrected chi connectivity index (χ4v) is 2.07. The summed E-state index contributed by atoms with van der Waals surface area (Å²) in [6.07, 6.45) is 6.76. The second-order valence-electron chi connectivity index (χ2n) is 4.57. The van der Waals surface area contributed by atoms with Crippen LogP contribution in [-0.2, 0) is 11.3 Å². The van der Waals surface area contributed by atoms with E-state index in [9.17, 15) is 4.79 Å². The van der Waals surface area contributed by atoms with Crippen LogP contribution in [0.25, 0.3) is 22.4 Å². The molecule has 0 saturated heterocycles. The Balaban J connectivity index is 1.93. The molecule has 104 valence electrons.